The normalized spacial score (nSPS) is 12.6. The Morgan fingerprint density at radius 1 is 1.46 bits per heavy atom. The van der Waals surface area contributed by atoms with Crippen molar-refractivity contribution in [1.82, 2.24) is 0 Å². The summed E-state index contributed by atoms with van der Waals surface area (Å²) in [6.07, 6.45) is 0.914. The molecule has 0 heterocycles. The van der Waals surface area contributed by atoms with Gasteiger partial charge in [-0.2, -0.15) is 0 Å². The molecule has 1 atom stereocenters. The number of ether oxygens (including phenoxy) is 1. The lowest BCUT2D eigenvalue weighted by Crippen LogP contribution is -1.99. The summed E-state index contributed by atoms with van der Waals surface area (Å²) >= 11 is 0. The zero-order valence-electron chi connectivity index (χ0n) is 8.30. The highest BCUT2D eigenvalue weighted by atomic mass is 19.1. The van der Waals surface area contributed by atoms with Crippen LogP contribution in [0.3, 0.4) is 0 Å². The van der Waals surface area contributed by atoms with Crippen LogP contribution in [0.15, 0.2) is 18.2 Å². The maximum atomic E-state index is 13.4. The molecule has 0 N–H and O–H groups in total. The molecule has 0 bridgehead atoms. The molecule has 0 saturated heterocycles. The van der Waals surface area contributed by atoms with E-state index < -0.39 is 0 Å². The molecule has 0 aliphatic carbocycles. The predicted molar refractivity (Wildman–Crippen MR) is 51.7 cm³/mol. The number of halogens is 1. The molecule has 1 nitrogen and oxygen atoms in total. The fourth-order valence-electron chi connectivity index (χ4n) is 1.38. The van der Waals surface area contributed by atoms with Gasteiger partial charge < -0.3 is 4.74 Å². The van der Waals surface area contributed by atoms with Gasteiger partial charge in [0.05, 0.1) is 7.11 Å². The summed E-state index contributed by atoms with van der Waals surface area (Å²) in [6.45, 7) is 4.04. The molecule has 0 aliphatic heterocycles. The highest BCUT2D eigenvalue weighted by Gasteiger charge is 2.14. The third-order valence-corrected chi connectivity index (χ3v) is 2.34. The fourth-order valence-corrected chi connectivity index (χ4v) is 1.38. The third-order valence-electron chi connectivity index (χ3n) is 2.34. The van der Waals surface area contributed by atoms with Gasteiger partial charge in [0.1, 0.15) is 11.6 Å². The van der Waals surface area contributed by atoms with Crippen molar-refractivity contribution in [3.8, 4) is 5.75 Å². The summed E-state index contributed by atoms with van der Waals surface area (Å²) in [5, 5.41) is 0. The van der Waals surface area contributed by atoms with Crippen molar-refractivity contribution in [2.45, 2.75) is 26.2 Å². The van der Waals surface area contributed by atoms with Crippen molar-refractivity contribution in [3.63, 3.8) is 0 Å². The Labute approximate surface area is 78.5 Å². The molecule has 0 amide bonds. The highest BCUT2D eigenvalue weighted by Crippen LogP contribution is 2.30. The molecule has 0 radical (unpaired) electrons. The summed E-state index contributed by atoms with van der Waals surface area (Å²) < 4.78 is 18.5. The minimum Gasteiger partial charge on any atom is -0.496 e. The molecule has 1 unspecified atom stereocenters. The van der Waals surface area contributed by atoms with E-state index >= 15 is 0 Å². The van der Waals surface area contributed by atoms with Gasteiger partial charge in [-0.3, -0.25) is 0 Å². The first kappa shape index (κ1) is 10.0. The van der Waals surface area contributed by atoms with Gasteiger partial charge in [0.15, 0.2) is 0 Å². The van der Waals surface area contributed by atoms with Gasteiger partial charge in [-0.15, -0.1) is 0 Å². The molecule has 72 valence electrons. The SMILES string of the molecule is CCC(C)c1c(F)cccc1OC. The topological polar surface area (TPSA) is 9.23 Å². The summed E-state index contributed by atoms with van der Waals surface area (Å²) in [5.41, 5.74) is 0.688. The van der Waals surface area contributed by atoms with E-state index in [9.17, 15) is 4.39 Å². The Morgan fingerprint density at radius 2 is 2.15 bits per heavy atom. The molecular weight excluding hydrogens is 167 g/mol. The molecule has 1 aromatic rings. The second-order valence-electron chi connectivity index (χ2n) is 3.17. The van der Waals surface area contributed by atoms with E-state index in [1.54, 1.807) is 19.2 Å². The van der Waals surface area contributed by atoms with Gasteiger partial charge in [0.25, 0.3) is 0 Å². The zero-order valence-corrected chi connectivity index (χ0v) is 8.30. The quantitative estimate of drug-likeness (QED) is 0.696. The molecule has 2 heteroatoms. The van der Waals surface area contributed by atoms with Crippen LogP contribution in [0.2, 0.25) is 0 Å². The smallest absolute Gasteiger partial charge is 0.130 e. The Kier molecular flexibility index (Phi) is 3.29. The van der Waals surface area contributed by atoms with Crippen molar-refractivity contribution in [3.05, 3.63) is 29.6 Å². The van der Waals surface area contributed by atoms with E-state index in [2.05, 4.69) is 0 Å². The zero-order chi connectivity index (χ0) is 9.84. The van der Waals surface area contributed by atoms with Crippen LogP contribution < -0.4 is 4.74 Å². The molecular formula is C11H15FO. The fraction of sp³-hybridized carbons (Fsp3) is 0.455. The largest absolute Gasteiger partial charge is 0.496 e. The van der Waals surface area contributed by atoms with Crippen molar-refractivity contribution >= 4 is 0 Å². The molecule has 1 rings (SSSR count). The number of hydrogen-bond donors (Lipinski definition) is 0. The van der Waals surface area contributed by atoms with E-state index in [1.807, 2.05) is 13.8 Å². The summed E-state index contributed by atoms with van der Waals surface area (Å²) in [5.74, 6) is 0.680. The molecule has 0 saturated carbocycles. The van der Waals surface area contributed by atoms with E-state index in [0.717, 1.165) is 6.42 Å². The van der Waals surface area contributed by atoms with Gasteiger partial charge in [-0.05, 0) is 24.5 Å². The summed E-state index contributed by atoms with van der Waals surface area (Å²) in [7, 11) is 1.57. The van der Waals surface area contributed by atoms with Crippen LogP contribution in [0, 0.1) is 5.82 Å². The van der Waals surface area contributed by atoms with Crippen LogP contribution in [0.25, 0.3) is 0 Å². The minimum absolute atomic E-state index is 0.172. The first-order valence-electron chi connectivity index (χ1n) is 4.53. The van der Waals surface area contributed by atoms with Crippen LogP contribution >= 0.6 is 0 Å². The Balaban J connectivity index is 3.14. The monoisotopic (exact) mass is 182 g/mol. The van der Waals surface area contributed by atoms with Crippen LogP contribution in [-0.2, 0) is 0 Å². The first-order chi connectivity index (χ1) is 6.20. The number of rotatable bonds is 3. The van der Waals surface area contributed by atoms with Gasteiger partial charge in [0.2, 0.25) is 0 Å². The lowest BCUT2D eigenvalue weighted by atomic mass is 9.97. The standard InChI is InChI=1S/C11H15FO/c1-4-8(2)11-9(12)6-5-7-10(11)13-3/h5-8H,4H2,1-3H3. The molecule has 0 aromatic heterocycles. The second-order valence-corrected chi connectivity index (χ2v) is 3.17. The molecule has 0 fully saturated rings. The van der Waals surface area contributed by atoms with Crippen molar-refractivity contribution in [2.24, 2.45) is 0 Å². The van der Waals surface area contributed by atoms with Crippen molar-refractivity contribution < 1.29 is 9.13 Å². The lowest BCUT2D eigenvalue weighted by molar-refractivity contribution is 0.399. The van der Waals surface area contributed by atoms with E-state index in [-0.39, 0.29) is 11.7 Å². The maximum absolute atomic E-state index is 13.4. The van der Waals surface area contributed by atoms with Gasteiger partial charge in [0, 0.05) is 5.56 Å². The lowest BCUT2D eigenvalue weighted by Gasteiger charge is -2.14. The Hall–Kier alpha value is -1.05. The molecule has 0 aliphatic rings. The molecule has 1 aromatic carbocycles. The van der Waals surface area contributed by atoms with E-state index in [1.165, 1.54) is 6.07 Å². The van der Waals surface area contributed by atoms with E-state index in [4.69, 9.17) is 4.74 Å². The average molecular weight is 182 g/mol. The van der Waals surface area contributed by atoms with Gasteiger partial charge in [-0.1, -0.05) is 19.9 Å². The van der Waals surface area contributed by atoms with Gasteiger partial charge >= 0.3 is 0 Å². The van der Waals surface area contributed by atoms with Crippen LogP contribution in [-0.4, -0.2) is 7.11 Å². The summed E-state index contributed by atoms with van der Waals surface area (Å²) in [4.78, 5) is 0. The number of benzene rings is 1. The van der Waals surface area contributed by atoms with E-state index in [0.29, 0.717) is 11.3 Å². The third kappa shape index (κ3) is 2.00. The molecule has 13 heavy (non-hydrogen) atoms. The number of hydrogen-bond acceptors (Lipinski definition) is 1. The Morgan fingerprint density at radius 3 is 2.69 bits per heavy atom. The first-order valence-corrected chi connectivity index (χ1v) is 4.53. The second kappa shape index (κ2) is 4.26. The van der Waals surface area contributed by atoms with Crippen LogP contribution in [0.4, 0.5) is 4.39 Å². The van der Waals surface area contributed by atoms with Crippen LogP contribution in [0.1, 0.15) is 31.7 Å². The number of methoxy groups -OCH3 is 1. The Bertz CT molecular complexity index is 283. The van der Waals surface area contributed by atoms with Crippen molar-refractivity contribution in [1.29, 1.82) is 0 Å². The van der Waals surface area contributed by atoms with Crippen LogP contribution in [0.5, 0.6) is 5.75 Å². The minimum atomic E-state index is -0.172. The molecule has 0 spiro atoms. The summed E-state index contributed by atoms with van der Waals surface area (Å²) in [6, 6.07) is 4.94. The van der Waals surface area contributed by atoms with Gasteiger partial charge in [-0.25, -0.2) is 4.39 Å². The van der Waals surface area contributed by atoms with Crippen molar-refractivity contribution in [2.75, 3.05) is 7.11 Å². The maximum Gasteiger partial charge on any atom is 0.130 e. The average Bonchev–Trinajstić information content (AvgIpc) is 2.16. The highest BCUT2D eigenvalue weighted by molar-refractivity contribution is 5.37. The predicted octanol–water partition coefficient (Wildman–Crippen LogP) is 3.35.